The van der Waals surface area contributed by atoms with E-state index >= 15 is 0 Å². The zero-order chi connectivity index (χ0) is 15.4. The molecule has 1 aliphatic rings. The second-order valence-electron chi connectivity index (χ2n) is 5.21. The highest BCUT2D eigenvalue weighted by atomic mass is 16.4. The van der Waals surface area contributed by atoms with Crippen LogP contribution in [-0.2, 0) is 6.42 Å². The molecule has 0 fully saturated rings. The predicted octanol–water partition coefficient (Wildman–Crippen LogP) is 1.41. The first kappa shape index (κ1) is 15.3. The third-order valence-electron chi connectivity index (χ3n) is 3.71. The third kappa shape index (κ3) is 3.33. The first-order valence-electron chi connectivity index (χ1n) is 7.08. The van der Waals surface area contributed by atoms with Crippen LogP contribution in [0.4, 0.5) is 10.5 Å². The van der Waals surface area contributed by atoms with Gasteiger partial charge in [-0.25, -0.2) is 9.59 Å². The number of aromatic carboxylic acids is 1. The number of hydrogen-bond donors (Lipinski definition) is 2. The lowest BCUT2D eigenvalue weighted by molar-refractivity contribution is 0.0697. The molecule has 21 heavy (non-hydrogen) atoms. The number of anilines is 1. The molecule has 0 atom stereocenters. The number of amides is 2. The Morgan fingerprint density at radius 3 is 2.86 bits per heavy atom. The maximum atomic E-state index is 12.5. The highest BCUT2D eigenvalue weighted by Gasteiger charge is 2.27. The molecule has 0 aliphatic carbocycles. The van der Waals surface area contributed by atoms with Crippen molar-refractivity contribution in [3.63, 3.8) is 0 Å². The standard InChI is InChI=1S/C15H21N3O3/c1-16-7-3-8-17(2)15(21)18-9-6-11-4-5-12(14(19)20)10-13(11)18/h4-5,10,16H,3,6-9H2,1-2H3,(H,19,20). The summed E-state index contributed by atoms with van der Waals surface area (Å²) in [6, 6.07) is 4.90. The predicted molar refractivity (Wildman–Crippen MR) is 81.0 cm³/mol. The van der Waals surface area contributed by atoms with Crippen LogP contribution >= 0.6 is 0 Å². The van der Waals surface area contributed by atoms with Gasteiger partial charge in [-0.2, -0.15) is 0 Å². The number of fused-ring (bicyclic) bond motifs is 1. The van der Waals surface area contributed by atoms with Crippen LogP contribution in [0.3, 0.4) is 0 Å². The monoisotopic (exact) mass is 291 g/mol. The van der Waals surface area contributed by atoms with E-state index in [1.165, 1.54) is 0 Å². The highest BCUT2D eigenvalue weighted by Crippen LogP contribution is 2.29. The summed E-state index contributed by atoms with van der Waals surface area (Å²) in [7, 11) is 3.66. The summed E-state index contributed by atoms with van der Waals surface area (Å²) in [6.45, 7) is 2.13. The van der Waals surface area contributed by atoms with Gasteiger partial charge in [0.05, 0.1) is 5.56 Å². The molecule has 2 rings (SSSR count). The number of urea groups is 1. The van der Waals surface area contributed by atoms with Crippen LogP contribution in [-0.4, -0.2) is 55.7 Å². The molecule has 1 aliphatic heterocycles. The lowest BCUT2D eigenvalue weighted by Crippen LogP contribution is -2.41. The van der Waals surface area contributed by atoms with Gasteiger partial charge in [-0.1, -0.05) is 6.07 Å². The number of hydrogen-bond acceptors (Lipinski definition) is 3. The van der Waals surface area contributed by atoms with Gasteiger partial charge in [0.2, 0.25) is 0 Å². The molecule has 114 valence electrons. The van der Waals surface area contributed by atoms with Gasteiger partial charge in [-0.3, -0.25) is 4.90 Å². The van der Waals surface area contributed by atoms with E-state index < -0.39 is 5.97 Å². The Morgan fingerprint density at radius 2 is 2.19 bits per heavy atom. The van der Waals surface area contributed by atoms with Gasteiger partial charge in [-0.15, -0.1) is 0 Å². The van der Waals surface area contributed by atoms with Gasteiger partial charge in [0.15, 0.2) is 0 Å². The highest BCUT2D eigenvalue weighted by molar-refractivity contribution is 5.96. The van der Waals surface area contributed by atoms with Crippen LogP contribution in [0.25, 0.3) is 0 Å². The van der Waals surface area contributed by atoms with Crippen molar-refractivity contribution in [2.75, 3.05) is 38.6 Å². The summed E-state index contributed by atoms with van der Waals surface area (Å²) in [5.74, 6) is -0.973. The Kier molecular flexibility index (Phi) is 4.80. The largest absolute Gasteiger partial charge is 0.478 e. The van der Waals surface area contributed by atoms with Gasteiger partial charge < -0.3 is 15.3 Å². The van der Waals surface area contributed by atoms with Gasteiger partial charge in [0.25, 0.3) is 0 Å². The number of nitrogens with one attached hydrogen (secondary N) is 1. The minimum atomic E-state index is -0.973. The van der Waals surface area contributed by atoms with Crippen LogP contribution in [0.2, 0.25) is 0 Å². The van der Waals surface area contributed by atoms with Crippen LogP contribution in [0.1, 0.15) is 22.3 Å². The third-order valence-corrected chi connectivity index (χ3v) is 3.71. The normalized spacial score (nSPS) is 13.1. The van der Waals surface area contributed by atoms with E-state index in [2.05, 4.69) is 5.32 Å². The average molecular weight is 291 g/mol. The number of carbonyl (C=O) groups excluding carboxylic acids is 1. The molecule has 0 aromatic heterocycles. The second kappa shape index (κ2) is 6.58. The van der Waals surface area contributed by atoms with E-state index in [9.17, 15) is 9.59 Å². The maximum absolute atomic E-state index is 12.5. The molecule has 6 heteroatoms. The van der Waals surface area contributed by atoms with Gasteiger partial charge in [-0.05, 0) is 44.1 Å². The molecule has 0 bridgehead atoms. The van der Waals surface area contributed by atoms with Crippen molar-refractivity contribution in [1.29, 1.82) is 0 Å². The molecular weight excluding hydrogens is 270 g/mol. The summed E-state index contributed by atoms with van der Waals surface area (Å²) in [6.07, 6.45) is 1.65. The Labute approximate surface area is 124 Å². The minimum absolute atomic E-state index is 0.0765. The zero-order valence-electron chi connectivity index (χ0n) is 12.4. The molecule has 0 unspecified atom stereocenters. The number of carboxylic acids is 1. The fourth-order valence-corrected chi connectivity index (χ4v) is 2.51. The van der Waals surface area contributed by atoms with E-state index in [4.69, 9.17) is 5.11 Å². The second-order valence-corrected chi connectivity index (χ2v) is 5.21. The summed E-state index contributed by atoms with van der Waals surface area (Å²) in [4.78, 5) is 26.9. The average Bonchev–Trinajstić information content (AvgIpc) is 2.89. The molecule has 2 N–H and O–H groups in total. The number of nitrogens with zero attached hydrogens (tertiary/aromatic N) is 2. The zero-order valence-corrected chi connectivity index (χ0v) is 12.4. The van der Waals surface area contributed by atoms with E-state index in [0.717, 1.165) is 30.6 Å². The van der Waals surface area contributed by atoms with Crippen LogP contribution < -0.4 is 10.2 Å². The number of carbonyl (C=O) groups is 2. The molecule has 0 saturated carbocycles. The quantitative estimate of drug-likeness (QED) is 0.805. The van der Waals surface area contributed by atoms with Gasteiger partial charge in [0, 0.05) is 25.8 Å². The maximum Gasteiger partial charge on any atom is 0.335 e. The number of benzene rings is 1. The Morgan fingerprint density at radius 1 is 1.43 bits per heavy atom. The van der Waals surface area contributed by atoms with E-state index in [1.807, 2.05) is 7.05 Å². The Balaban J connectivity index is 2.12. The van der Waals surface area contributed by atoms with Crippen LogP contribution in [0, 0.1) is 0 Å². The van der Waals surface area contributed by atoms with Crippen molar-refractivity contribution >= 4 is 17.7 Å². The lowest BCUT2D eigenvalue weighted by Gasteiger charge is -2.25. The van der Waals surface area contributed by atoms with Crippen LogP contribution in [0.5, 0.6) is 0 Å². The van der Waals surface area contributed by atoms with E-state index in [-0.39, 0.29) is 11.6 Å². The van der Waals surface area contributed by atoms with Crippen molar-refractivity contribution in [2.24, 2.45) is 0 Å². The Bertz CT molecular complexity index is 545. The number of carboxylic acid groups (broad SMARTS) is 1. The molecule has 0 radical (unpaired) electrons. The summed E-state index contributed by atoms with van der Waals surface area (Å²) in [5.41, 5.74) is 1.96. The molecule has 1 heterocycles. The SMILES string of the molecule is CNCCCN(C)C(=O)N1CCc2ccc(C(=O)O)cc21. The minimum Gasteiger partial charge on any atom is -0.478 e. The first-order chi connectivity index (χ1) is 10.0. The van der Waals surface area contributed by atoms with Crippen molar-refractivity contribution in [3.8, 4) is 0 Å². The van der Waals surface area contributed by atoms with Gasteiger partial charge >= 0.3 is 12.0 Å². The molecule has 1 aromatic rings. The fourth-order valence-electron chi connectivity index (χ4n) is 2.51. The molecule has 2 amide bonds. The van der Waals surface area contributed by atoms with E-state index in [0.29, 0.717) is 13.1 Å². The smallest absolute Gasteiger partial charge is 0.335 e. The van der Waals surface area contributed by atoms with Gasteiger partial charge in [0.1, 0.15) is 0 Å². The molecule has 6 nitrogen and oxygen atoms in total. The molecule has 1 aromatic carbocycles. The summed E-state index contributed by atoms with van der Waals surface area (Å²) < 4.78 is 0. The topological polar surface area (TPSA) is 72.9 Å². The van der Waals surface area contributed by atoms with E-state index in [1.54, 1.807) is 35.0 Å². The van der Waals surface area contributed by atoms with Crippen molar-refractivity contribution in [2.45, 2.75) is 12.8 Å². The lowest BCUT2D eigenvalue weighted by atomic mass is 10.1. The first-order valence-corrected chi connectivity index (χ1v) is 7.08. The molecule has 0 spiro atoms. The molecule has 0 saturated heterocycles. The Hall–Kier alpha value is -2.08. The van der Waals surface area contributed by atoms with Crippen molar-refractivity contribution < 1.29 is 14.7 Å². The van der Waals surface area contributed by atoms with Crippen molar-refractivity contribution in [3.05, 3.63) is 29.3 Å². The van der Waals surface area contributed by atoms with Crippen molar-refractivity contribution in [1.82, 2.24) is 10.2 Å². The summed E-state index contributed by atoms with van der Waals surface area (Å²) in [5, 5.41) is 12.1. The molecular formula is C15H21N3O3. The summed E-state index contributed by atoms with van der Waals surface area (Å²) >= 11 is 0. The number of rotatable bonds is 5. The fraction of sp³-hybridized carbons (Fsp3) is 0.467. The van der Waals surface area contributed by atoms with Crippen LogP contribution in [0.15, 0.2) is 18.2 Å².